The largest absolute Gasteiger partial charge is 0.495 e. The Labute approximate surface area is 82.8 Å². The lowest BCUT2D eigenvalue weighted by molar-refractivity contribution is -0.105. The van der Waals surface area contributed by atoms with Crippen molar-refractivity contribution < 1.29 is 14.3 Å². The van der Waals surface area contributed by atoms with Gasteiger partial charge in [-0.2, -0.15) is 0 Å². The standard InChI is InChI=1S/C10H13NO3/c1-3-14-8-4-5-10(13-2)9(6-8)11-7-12/h4-7H,3H2,1-2H3,(H,11,12). The van der Waals surface area contributed by atoms with E-state index in [1.165, 1.54) is 0 Å². The average molecular weight is 195 g/mol. The number of hydrogen-bond donors (Lipinski definition) is 1. The van der Waals surface area contributed by atoms with Gasteiger partial charge in [0.15, 0.2) is 0 Å². The number of rotatable bonds is 5. The minimum absolute atomic E-state index is 0.590. The highest BCUT2D eigenvalue weighted by atomic mass is 16.5. The predicted molar refractivity (Wildman–Crippen MR) is 53.8 cm³/mol. The van der Waals surface area contributed by atoms with Crippen LogP contribution in [0.1, 0.15) is 6.92 Å². The zero-order valence-electron chi connectivity index (χ0n) is 8.24. The van der Waals surface area contributed by atoms with Gasteiger partial charge in [0, 0.05) is 6.07 Å². The Morgan fingerprint density at radius 2 is 2.29 bits per heavy atom. The van der Waals surface area contributed by atoms with Gasteiger partial charge in [-0.25, -0.2) is 0 Å². The van der Waals surface area contributed by atoms with E-state index in [4.69, 9.17) is 9.47 Å². The van der Waals surface area contributed by atoms with Crippen molar-refractivity contribution in [2.45, 2.75) is 6.92 Å². The molecule has 0 saturated heterocycles. The highest BCUT2D eigenvalue weighted by Crippen LogP contribution is 2.28. The molecule has 1 rings (SSSR count). The molecule has 1 amide bonds. The van der Waals surface area contributed by atoms with Crippen LogP contribution in [0.5, 0.6) is 11.5 Å². The molecule has 14 heavy (non-hydrogen) atoms. The molecule has 4 nitrogen and oxygen atoms in total. The highest BCUT2D eigenvalue weighted by molar-refractivity contribution is 5.76. The molecule has 0 aliphatic carbocycles. The molecule has 0 atom stereocenters. The molecule has 0 saturated carbocycles. The third-order valence-electron chi connectivity index (χ3n) is 1.70. The van der Waals surface area contributed by atoms with Crippen molar-refractivity contribution in [3.8, 4) is 11.5 Å². The number of hydrogen-bond acceptors (Lipinski definition) is 3. The molecule has 1 aromatic rings. The number of ether oxygens (including phenoxy) is 2. The number of amides is 1. The average Bonchev–Trinajstić information content (AvgIpc) is 2.19. The van der Waals surface area contributed by atoms with E-state index >= 15 is 0 Å². The van der Waals surface area contributed by atoms with Gasteiger partial charge in [-0.05, 0) is 19.1 Å². The molecular weight excluding hydrogens is 182 g/mol. The lowest BCUT2D eigenvalue weighted by atomic mass is 10.2. The summed E-state index contributed by atoms with van der Waals surface area (Å²) in [6.07, 6.45) is 0.605. The monoisotopic (exact) mass is 195 g/mol. The molecule has 1 aromatic carbocycles. The molecule has 0 unspecified atom stereocenters. The van der Waals surface area contributed by atoms with Gasteiger partial charge in [0.25, 0.3) is 0 Å². The fraction of sp³-hybridized carbons (Fsp3) is 0.300. The van der Waals surface area contributed by atoms with Crippen LogP contribution in [0.15, 0.2) is 18.2 Å². The number of anilines is 1. The molecule has 0 aliphatic rings. The summed E-state index contributed by atoms with van der Waals surface area (Å²) in [5.74, 6) is 1.32. The fourth-order valence-corrected chi connectivity index (χ4v) is 1.12. The molecule has 0 aliphatic heterocycles. The summed E-state index contributed by atoms with van der Waals surface area (Å²) < 4.78 is 10.3. The van der Waals surface area contributed by atoms with Crippen molar-refractivity contribution in [3.63, 3.8) is 0 Å². The van der Waals surface area contributed by atoms with Crippen LogP contribution in [0, 0.1) is 0 Å². The maximum absolute atomic E-state index is 10.3. The third kappa shape index (κ3) is 2.39. The SMILES string of the molecule is CCOc1ccc(OC)c(NC=O)c1. The van der Waals surface area contributed by atoms with Crippen molar-refractivity contribution in [3.05, 3.63) is 18.2 Å². The second kappa shape index (κ2) is 5.11. The van der Waals surface area contributed by atoms with Crippen molar-refractivity contribution >= 4 is 12.1 Å². The topological polar surface area (TPSA) is 47.6 Å². The zero-order chi connectivity index (χ0) is 10.4. The molecule has 0 heterocycles. The Hall–Kier alpha value is -1.71. The van der Waals surface area contributed by atoms with Gasteiger partial charge in [-0.1, -0.05) is 0 Å². The van der Waals surface area contributed by atoms with Crippen LogP contribution in [0.3, 0.4) is 0 Å². The molecule has 76 valence electrons. The molecule has 0 fully saturated rings. The van der Waals surface area contributed by atoms with Gasteiger partial charge >= 0.3 is 0 Å². The lowest BCUT2D eigenvalue weighted by Gasteiger charge is -2.09. The molecule has 4 heteroatoms. The summed E-state index contributed by atoms with van der Waals surface area (Å²) in [7, 11) is 1.55. The summed E-state index contributed by atoms with van der Waals surface area (Å²) in [6, 6.07) is 5.26. The quantitative estimate of drug-likeness (QED) is 0.727. The van der Waals surface area contributed by atoms with Gasteiger partial charge in [-0.3, -0.25) is 4.79 Å². The molecule has 0 aromatic heterocycles. The number of methoxy groups -OCH3 is 1. The Morgan fingerprint density at radius 3 is 2.86 bits per heavy atom. The number of carbonyl (C=O) groups is 1. The maximum atomic E-state index is 10.3. The first-order valence-corrected chi connectivity index (χ1v) is 4.32. The molecule has 0 spiro atoms. The van der Waals surface area contributed by atoms with Crippen LogP contribution < -0.4 is 14.8 Å². The van der Waals surface area contributed by atoms with E-state index in [2.05, 4.69) is 5.32 Å². The maximum Gasteiger partial charge on any atom is 0.211 e. The number of nitrogens with one attached hydrogen (secondary N) is 1. The van der Waals surface area contributed by atoms with E-state index in [1.54, 1.807) is 25.3 Å². The van der Waals surface area contributed by atoms with E-state index in [-0.39, 0.29) is 0 Å². The highest BCUT2D eigenvalue weighted by Gasteiger charge is 2.03. The van der Waals surface area contributed by atoms with Crippen molar-refractivity contribution in [2.24, 2.45) is 0 Å². The second-order valence-corrected chi connectivity index (χ2v) is 2.56. The van der Waals surface area contributed by atoms with Crippen LogP contribution in [-0.4, -0.2) is 20.1 Å². The van der Waals surface area contributed by atoms with Gasteiger partial charge < -0.3 is 14.8 Å². The van der Waals surface area contributed by atoms with E-state index < -0.39 is 0 Å². The first-order chi connectivity index (χ1) is 6.81. The van der Waals surface area contributed by atoms with E-state index in [0.717, 1.165) is 0 Å². The number of benzene rings is 1. The summed E-state index contributed by atoms with van der Waals surface area (Å²) >= 11 is 0. The Morgan fingerprint density at radius 1 is 1.50 bits per heavy atom. The smallest absolute Gasteiger partial charge is 0.211 e. The molecule has 0 bridgehead atoms. The normalized spacial score (nSPS) is 9.29. The Kier molecular flexibility index (Phi) is 3.79. The Bertz CT molecular complexity index is 312. The third-order valence-corrected chi connectivity index (χ3v) is 1.70. The van der Waals surface area contributed by atoms with Crippen LogP contribution in [0.4, 0.5) is 5.69 Å². The van der Waals surface area contributed by atoms with Crippen LogP contribution in [0.2, 0.25) is 0 Å². The van der Waals surface area contributed by atoms with E-state index in [1.807, 2.05) is 6.92 Å². The summed E-state index contributed by atoms with van der Waals surface area (Å²) in [5.41, 5.74) is 0.605. The van der Waals surface area contributed by atoms with Crippen LogP contribution in [-0.2, 0) is 4.79 Å². The first-order valence-electron chi connectivity index (χ1n) is 4.32. The summed E-state index contributed by atoms with van der Waals surface area (Å²) in [4.78, 5) is 10.3. The first kappa shape index (κ1) is 10.4. The van der Waals surface area contributed by atoms with Crippen LogP contribution in [0.25, 0.3) is 0 Å². The zero-order valence-corrected chi connectivity index (χ0v) is 8.24. The van der Waals surface area contributed by atoms with Crippen molar-refractivity contribution in [1.82, 2.24) is 0 Å². The van der Waals surface area contributed by atoms with Gasteiger partial charge in [0.2, 0.25) is 6.41 Å². The molecule has 0 radical (unpaired) electrons. The van der Waals surface area contributed by atoms with Gasteiger partial charge in [0.1, 0.15) is 11.5 Å². The predicted octanol–water partition coefficient (Wildman–Crippen LogP) is 1.66. The van der Waals surface area contributed by atoms with E-state index in [0.29, 0.717) is 30.2 Å². The fourth-order valence-electron chi connectivity index (χ4n) is 1.12. The van der Waals surface area contributed by atoms with E-state index in [9.17, 15) is 4.79 Å². The van der Waals surface area contributed by atoms with Crippen molar-refractivity contribution in [1.29, 1.82) is 0 Å². The van der Waals surface area contributed by atoms with Gasteiger partial charge in [0.05, 0.1) is 19.4 Å². The summed E-state index contributed by atoms with van der Waals surface area (Å²) in [6.45, 7) is 2.49. The minimum atomic E-state index is 0.590. The molecule has 1 N–H and O–H groups in total. The lowest BCUT2D eigenvalue weighted by Crippen LogP contribution is -1.99. The summed E-state index contributed by atoms with van der Waals surface area (Å²) in [5, 5.41) is 2.54. The van der Waals surface area contributed by atoms with Crippen LogP contribution >= 0.6 is 0 Å². The Balaban J connectivity index is 2.94. The second-order valence-electron chi connectivity index (χ2n) is 2.56. The molecular formula is C10H13NO3. The van der Waals surface area contributed by atoms with Crippen molar-refractivity contribution in [2.75, 3.05) is 19.0 Å². The number of carbonyl (C=O) groups excluding carboxylic acids is 1. The minimum Gasteiger partial charge on any atom is -0.495 e. The van der Waals surface area contributed by atoms with Gasteiger partial charge in [-0.15, -0.1) is 0 Å².